The zero-order valence-electron chi connectivity index (χ0n) is 15.4. The molecule has 1 fully saturated rings. The summed E-state index contributed by atoms with van der Waals surface area (Å²) < 4.78 is 3.23. The Kier molecular flexibility index (Phi) is 4.16. The highest BCUT2D eigenvalue weighted by molar-refractivity contribution is 5.77. The summed E-state index contributed by atoms with van der Waals surface area (Å²) in [7, 11) is 0. The van der Waals surface area contributed by atoms with Crippen molar-refractivity contribution in [2.75, 3.05) is 18.0 Å². The summed E-state index contributed by atoms with van der Waals surface area (Å²) in [5.74, 6) is 2.00. The summed E-state index contributed by atoms with van der Waals surface area (Å²) in [6.07, 6.45) is 5.52. The van der Waals surface area contributed by atoms with E-state index < -0.39 is 0 Å². The fourth-order valence-electron chi connectivity index (χ4n) is 3.76. The van der Waals surface area contributed by atoms with Crippen LogP contribution in [-0.4, -0.2) is 42.6 Å². The normalized spacial score (nSPS) is 15.4. The Morgan fingerprint density at radius 1 is 1.07 bits per heavy atom. The van der Waals surface area contributed by atoms with E-state index in [1.165, 1.54) is 0 Å². The molecule has 1 aliphatic heterocycles. The van der Waals surface area contributed by atoms with E-state index >= 15 is 0 Å². The fourth-order valence-corrected chi connectivity index (χ4v) is 3.76. The molecule has 1 N–H and O–H groups in total. The van der Waals surface area contributed by atoms with Crippen LogP contribution in [0.3, 0.4) is 0 Å². The average molecular weight is 375 g/mol. The lowest BCUT2D eigenvalue weighted by molar-refractivity contribution is 0.333. The summed E-state index contributed by atoms with van der Waals surface area (Å²) in [4.78, 5) is 22.6. The van der Waals surface area contributed by atoms with Crippen molar-refractivity contribution >= 4 is 17.0 Å². The van der Waals surface area contributed by atoms with Gasteiger partial charge in [-0.2, -0.15) is 5.10 Å². The van der Waals surface area contributed by atoms with Crippen LogP contribution >= 0.6 is 0 Å². The lowest BCUT2D eigenvalue weighted by Gasteiger charge is -2.31. The van der Waals surface area contributed by atoms with Crippen molar-refractivity contribution in [1.82, 2.24) is 29.5 Å². The summed E-state index contributed by atoms with van der Waals surface area (Å²) in [6.45, 7) is 2.46. The number of rotatable bonds is 4. The molecule has 0 unspecified atom stereocenters. The van der Waals surface area contributed by atoms with Crippen molar-refractivity contribution in [1.29, 1.82) is 0 Å². The van der Waals surface area contributed by atoms with Crippen LogP contribution in [0.4, 0.5) is 5.95 Å². The Bertz CT molecular complexity index is 1100. The zero-order valence-corrected chi connectivity index (χ0v) is 15.4. The van der Waals surface area contributed by atoms with Gasteiger partial charge in [0, 0.05) is 38.1 Å². The Morgan fingerprint density at radius 3 is 2.71 bits per heavy atom. The number of aromatic amines is 1. The van der Waals surface area contributed by atoms with Gasteiger partial charge in [0.2, 0.25) is 5.95 Å². The van der Waals surface area contributed by atoms with Crippen molar-refractivity contribution in [3.8, 4) is 5.82 Å². The second kappa shape index (κ2) is 6.95. The van der Waals surface area contributed by atoms with Gasteiger partial charge in [-0.15, -0.1) is 5.10 Å². The minimum absolute atomic E-state index is 0.0735. The van der Waals surface area contributed by atoms with Crippen LogP contribution in [0.15, 0.2) is 59.7 Å². The van der Waals surface area contributed by atoms with E-state index in [1.54, 1.807) is 27.7 Å². The van der Waals surface area contributed by atoms with E-state index in [4.69, 9.17) is 4.98 Å². The molecule has 5 rings (SSSR count). The number of benzene rings is 1. The molecular weight excluding hydrogens is 354 g/mol. The van der Waals surface area contributed by atoms with Gasteiger partial charge in [0.1, 0.15) is 0 Å². The van der Waals surface area contributed by atoms with Gasteiger partial charge in [-0.1, -0.05) is 12.1 Å². The minimum atomic E-state index is -0.0735. The number of nitrogens with one attached hydrogen (secondary N) is 1. The number of piperidine rings is 1. The Morgan fingerprint density at radius 2 is 1.93 bits per heavy atom. The standard InChI is InChI=1S/C20H21N7O/c28-19-7-6-18(26-11-3-10-21-26)24-27(19)14-15-8-12-25(13-9-15)20-22-16-4-1-2-5-17(16)23-20/h1-7,10-11,15H,8-9,12-14H2,(H,22,23). The molecule has 1 aromatic carbocycles. The topological polar surface area (TPSA) is 84.6 Å². The van der Waals surface area contributed by atoms with Crippen LogP contribution in [0.2, 0.25) is 0 Å². The summed E-state index contributed by atoms with van der Waals surface area (Å²) in [6, 6.07) is 13.2. The number of imidazole rings is 1. The highest BCUT2D eigenvalue weighted by Crippen LogP contribution is 2.24. The molecule has 0 atom stereocenters. The molecule has 0 spiro atoms. The van der Waals surface area contributed by atoms with Crippen LogP contribution in [0.1, 0.15) is 12.8 Å². The molecule has 0 bridgehead atoms. The van der Waals surface area contributed by atoms with E-state index in [2.05, 4.69) is 20.1 Å². The highest BCUT2D eigenvalue weighted by atomic mass is 16.1. The largest absolute Gasteiger partial charge is 0.342 e. The van der Waals surface area contributed by atoms with E-state index in [0.29, 0.717) is 18.3 Å². The number of para-hydroxylation sites is 2. The van der Waals surface area contributed by atoms with Gasteiger partial charge < -0.3 is 9.88 Å². The molecule has 28 heavy (non-hydrogen) atoms. The van der Waals surface area contributed by atoms with Crippen LogP contribution in [0.5, 0.6) is 0 Å². The van der Waals surface area contributed by atoms with Gasteiger partial charge in [-0.25, -0.2) is 14.3 Å². The Labute approximate surface area is 161 Å². The first-order chi connectivity index (χ1) is 13.8. The lowest BCUT2D eigenvalue weighted by atomic mass is 9.97. The van der Waals surface area contributed by atoms with Gasteiger partial charge in [-0.3, -0.25) is 4.79 Å². The third-order valence-electron chi connectivity index (χ3n) is 5.31. The van der Waals surface area contributed by atoms with Crippen molar-refractivity contribution in [2.24, 2.45) is 5.92 Å². The quantitative estimate of drug-likeness (QED) is 0.591. The van der Waals surface area contributed by atoms with E-state index in [-0.39, 0.29) is 5.56 Å². The van der Waals surface area contributed by atoms with Crippen molar-refractivity contribution in [3.05, 3.63) is 65.2 Å². The first-order valence-corrected chi connectivity index (χ1v) is 9.54. The van der Waals surface area contributed by atoms with Crippen LogP contribution in [0, 0.1) is 5.92 Å². The molecule has 8 nitrogen and oxygen atoms in total. The molecule has 4 heterocycles. The third kappa shape index (κ3) is 3.17. The second-order valence-electron chi connectivity index (χ2n) is 7.17. The second-order valence-corrected chi connectivity index (χ2v) is 7.17. The number of aromatic nitrogens is 6. The molecule has 0 amide bonds. The number of hydrogen-bond donors (Lipinski definition) is 1. The summed E-state index contributed by atoms with van der Waals surface area (Å²) in [5, 5.41) is 8.67. The van der Waals surface area contributed by atoms with Crippen LogP contribution in [-0.2, 0) is 6.54 Å². The summed E-state index contributed by atoms with van der Waals surface area (Å²) >= 11 is 0. The lowest BCUT2D eigenvalue weighted by Crippen LogP contribution is -2.37. The molecule has 3 aromatic heterocycles. The number of nitrogens with zero attached hydrogens (tertiary/aromatic N) is 6. The van der Waals surface area contributed by atoms with Gasteiger partial charge in [0.15, 0.2) is 5.82 Å². The number of anilines is 1. The van der Waals surface area contributed by atoms with Crippen molar-refractivity contribution in [2.45, 2.75) is 19.4 Å². The monoisotopic (exact) mass is 375 g/mol. The molecule has 1 saturated heterocycles. The number of hydrogen-bond acceptors (Lipinski definition) is 5. The first kappa shape index (κ1) is 16.7. The zero-order chi connectivity index (χ0) is 18.9. The van der Waals surface area contributed by atoms with Gasteiger partial charge >= 0.3 is 0 Å². The average Bonchev–Trinajstić information content (AvgIpc) is 3.40. The van der Waals surface area contributed by atoms with Gasteiger partial charge in [0.05, 0.1) is 11.0 Å². The summed E-state index contributed by atoms with van der Waals surface area (Å²) in [5.41, 5.74) is 1.98. The minimum Gasteiger partial charge on any atom is -0.342 e. The van der Waals surface area contributed by atoms with Gasteiger partial charge in [0.25, 0.3) is 5.56 Å². The molecule has 0 saturated carbocycles. The number of fused-ring (bicyclic) bond motifs is 1. The number of H-pyrrole nitrogens is 1. The van der Waals surface area contributed by atoms with E-state index in [1.807, 2.05) is 36.5 Å². The van der Waals surface area contributed by atoms with E-state index in [9.17, 15) is 4.79 Å². The highest BCUT2D eigenvalue weighted by Gasteiger charge is 2.22. The maximum absolute atomic E-state index is 12.2. The molecule has 0 radical (unpaired) electrons. The van der Waals surface area contributed by atoms with Gasteiger partial charge in [-0.05, 0) is 43.0 Å². The van der Waals surface area contributed by atoms with Crippen molar-refractivity contribution < 1.29 is 0 Å². The molecule has 1 aliphatic rings. The molecule has 0 aliphatic carbocycles. The molecule has 4 aromatic rings. The molecule has 142 valence electrons. The molecular formula is C20H21N7O. The van der Waals surface area contributed by atoms with Crippen LogP contribution in [0.25, 0.3) is 16.9 Å². The maximum Gasteiger partial charge on any atom is 0.266 e. The van der Waals surface area contributed by atoms with Crippen LogP contribution < -0.4 is 10.5 Å². The maximum atomic E-state index is 12.2. The smallest absolute Gasteiger partial charge is 0.266 e. The SMILES string of the molecule is O=c1ccc(-n2cccn2)nn1CC1CCN(c2nc3ccccc3[nH]2)CC1. The Balaban J connectivity index is 1.27. The third-order valence-corrected chi connectivity index (χ3v) is 5.31. The first-order valence-electron chi connectivity index (χ1n) is 9.54. The fraction of sp³-hybridized carbons (Fsp3) is 0.300. The van der Waals surface area contributed by atoms with Crippen molar-refractivity contribution in [3.63, 3.8) is 0 Å². The predicted octanol–water partition coefficient (Wildman–Crippen LogP) is 2.22. The van der Waals surface area contributed by atoms with E-state index in [0.717, 1.165) is 42.9 Å². The Hall–Kier alpha value is -3.42. The molecule has 8 heteroatoms. The predicted molar refractivity (Wildman–Crippen MR) is 107 cm³/mol.